The van der Waals surface area contributed by atoms with E-state index in [4.69, 9.17) is 21.1 Å². The predicted octanol–water partition coefficient (Wildman–Crippen LogP) is 6.60. The van der Waals surface area contributed by atoms with Crippen LogP contribution in [0.3, 0.4) is 0 Å². The number of aryl methyl sites for hydroxylation is 1. The number of halogens is 1. The molecule has 2 aromatic rings. The van der Waals surface area contributed by atoms with Crippen LogP contribution in [0.4, 0.5) is 5.69 Å². The van der Waals surface area contributed by atoms with Gasteiger partial charge in [-0.3, -0.25) is 14.4 Å². The van der Waals surface area contributed by atoms with Crippen molar-refractivity contribution in [2.24, 2.45) is 17.8 Å². The van der Waals surface area contributed by atoms with E-state index >= 15 is 0 Å². The van der Waals surface area contributed by atoms with E-state index in [9.17, 15) is 9.00 Å². The lowest BCUT2D eigenvalue weighted by Gasteiger charge is -2.54. The Labute approximate surface area is 317 Å². The fourth-order valence-electron chi connectivity index (χ4n) is 9.73. The molecule has 1 unspecified atom stereocenters. The molecule has 52 heavy (non-hydrogen) atoms. The quantitative estimate of drug-likeness (QED) is 0.273. The highest BCUT2D eigenvalue weighted by atomic mass is 35.5. The second-order valence-electron chi connectivity index (χ2n) is 17.2. The zero-order valence-corrected chi connectivity index (χ0v) is 33.7. The number of nitrogens with one attached hydrogen (secondary N) is 1. The molecule has 2 bridgehead atoms. The van der Waals surface area contributed by atoms with Gasteiger partial charge in [0.15, 0.2) is 0 Å². The van der Waals surface area contributed by atoms with E-state index in [2.05, 4.69) is 77.5 Å². The molecule has 3 aliphatic heterocycles. The summed E-state index contributed by atoms with van der Waals surface area (Å²) in [4.78, 5) is 21.2. The number of benzene rings is 2. The number of anilines is 1. The molecule has 284 valence electrons. The molecule has 7 atom stereocenters. The van der Waals surface area contributed by atoms with Gasteiger partial charge in [-0.05, 0) is 138 Å². The molecule has 1 saturated carbocycles. The van der Waals surface area contributed by atoms with E-state index in [1.165, 1.54) is 11.1 Å². The average molecular weight is 751 g/mol. The van der Waals surface area contributed by atoms with Crippen molar-refractivity contribution in [2.45, 2.75) is 87.5 Å². The minimum atomic E-state index is -2.95. The average Bonchev–Trinajstić information content (AvgIpc) is 3.23. The maximum absolute atomic E-state index is 14.0. The van der Waals surface area contributed by atoms with Gasteiger partial charge in [-0.2, -0.15) is 0 Å². The predicted molar refractivity (Wildman–Crippen MR) is 214 cm³/mol. The molecule has 0 aromatic heterocycles. The summed E-state index contributed by atoms with van der Waals surface area (Å²) in [5.41, 5.74) is 3.57. The number of rotatable bonds is 5. The van der Waals surface area contributed by atoms with Crippen LogP contribution in [-0.2, 0) is 26.3 Å². The molecule has 2 aliphatic carbocycles. The van der Waals surface area contributed by atoms with Gasteiger partial charge in [0.05, 0.1) is 27.6 Å². The van der Waals surface area contributed by atoms with Crippen LogP contribution in [0.5, 0.6) is 5.75 Å². The number of ether oxygens (including phenoxy) is 2. The molecule has 8 nitrogen and oxygen atoms in total. The first-order valence-electron chi connectivity index (χ1n) is 19.3. The topological polar surface area (TPSA) is 74.4 Å². The molecule has 0 radical (unpaired) electrons. The minimum Gasteiger partial charge on any atom is -0.490 e. The number of carbonyl (C=O) groups excluding carboxylic acids is 1. The maximum Gasteiger partial charge on any atom is 0.262 e. The normalized spacial score (nSPS) is 35.3. The van der Waals surface area contributed by atoms with Crippen molar-refractivity contribution >= 4 is 38.8 Å². The Kier molecular flexibility index (Phi) is 10.3. The van der Waals surface area contributed by atoms with Gasteiger partial charge in [0.1, 0.15) is 5.75 Å². The Morgan fingerprint density at radius 2 is 1.92 bits per heavy atom. The summed E-state index contributed by atoms with van der Waals surface area (Å²) >= 11 is 6.51. The number of amides is 1. The summed E-state index contributed by atoms with van der Waals surface area (Å²) in [5, 5.41) is 0.443. The maximum atomic E-state index is 14.0. The second kappa shape index (κ2) is 14.3. The third-order valence-corrected chi connectivity index (χ3v) is 16.2. The van der Waals surface area contributed by atoms with Gasteiger partial charge >= 0.3 is 0 Å². The van der Waals surface area contributed by atoms with Crippen molar-refractivity contribution in [3.63, 3.8) is 0 Å². The van der Waals surface area contributed by atoms with Crippen LogP contribution >= 0.6 is 11.6 Å². The first kappa shape index (κ1) is 37.7. The van der Waals surface area contributed by atoms with Crippen molar-refractivity contribution in [2.75, 3.05) is 65.4 Å². The van der Waals surface area contributed by atoms with Crippen LogP contribution in [0.15, 0.2) is 48.6 Å². The number of allylic oxidation sites excluding steroid dienone is 1. The van der Waals surface area contributed by atoms with E-state index in [0.717, 1.165) is 94.1 Å². The summed E-state index contributed by atoms with van der Waals surface area (Å²) in [5.74, 6) is 5.26. The number of fused-ring (bicyclic) bond motifs is 4. The number of hydrogen-bond acceptors (Lipinski definition) is 7. The Bertz CT molecular complexity index is 1810. The van der Waals surface area contributed by atoms with Crippen molar-refractivity contribution in [3.8, 4) is 5.75 Å². The standard InChI is InChI=1S/C42H59ClN4O4S/c1-29-10-8-19-42(50-6,20-21-46-25-40(3,26-46)45(4)5)36-15-12-33(36)24-47-27-41(18-9-11-31-22-34(43)14-16-35(31)41)28-51-38-17-13-32(23-37(38)47)39(48)44-52(7,49)30(29)2/h8,13-14,16-17,19,22-23,29-30,33,36H,7,9-12,15,18,20-21,24-28H2,1-6H3,(H,44,48,49)/b19-8+/t29-,30+,33-,36+,41-,42+,52?/m0/s1. The highest BCUT2D eigenvalue weighted by molar-refractivity contribution is 7.99. The molecule has 1 N–H and O–H groups in total. The summed E-state index contributed by atoms with van der Waals surface area (Å²) in [7, 11) is 3.30. The van der Waals surface area contributed by atoms with Crippen LogP contribution in [0.2, 0.25) is 5.02 Å². The van der Waals surface area contributed by atoms with Crippen LogP contribution < -0.4 is 14.4 Å². The van der Waals surface area contributed by atoms with E-state index < -0.39 is 15.3 Å². The van der Waals surface area contributed by atoms with Gasteiger partial charge in [-0.15, -0.1) is 0 Å². The first-order chi connectivity index (χ1) is 24.7. The van der Waals surface area contributed by atoms with Crippen molar-refractivity contribution in [1.29, 1.82) is 0 Å². The lowest BCUT2D eigenvalue weighted by atomic mass is 9.62. The fourth-order valence-corrected chi connectivity index (χ4v) is 11.4. The largest absolute Gasteiger partial charge is 0.490 e. The third-order valence-electron chi connectivity index (χ3n) is 13.8. The summed E-state index contributed by atoms with van der Waals surface area (Å²) in [6, 6.07) is 12.0. The molecule has 2 fully saturated rings. The molecule has 5 aliphatic rings. The lowest BCUT2D eigenvalue weighted by molar-refractivity contribution is -0.0941. The SMILES string of the molecule is C=S1(=O)NC(=O)c2ccc3c(c2)N(C[C@@H]2CC[C@H]2[C@@](CCN2CC(C)(N(C)C)C2)(OC)/C=C/C[C@H](C)[C@H]1C)C[C@@]1(CCCc2cc(Cl)ccc21)CO3. The van der Waals surface area contributed by atoms with Gasteiger partial charge in [-0.1, -0.05) is 36.7 Å². The monoisotopic (exact) mass is 750 g/mol. The molecular formula is C42H59ClN4O4S. The van der Waals surface area contributed by atoms with E-state index in [-0.39, 0.29) is 28.0 Å². The zero-order valence-electron chi connectivity index (χ0n) is 32.1. The van der Waals surface area contributed by atoms with Crippen molar-refractivity contribution in [1.82, 2.24) is 14.5 Å². The van der Waals surface area contributed by atoms with Crippen LogP contribution in [0.1, 0.15) is 80.8 Å². The van der Waals surface area contributed by atoms with Gasteiger partial charge < -0.3 is 19.3 Å². The molecule has 2 aromatic carbocycles. The third kappa shape index (κ3) is 6.94. The second-order valence-corrected chi connectivity index (χ2v) is 20.1. The summed E-state index contributed by atoms with van der Waals surface area (Å²) < 4.78 is 30.3. The van der Waals surface area contributed by atoms with E-state index in [1.807, 2.05) is 32.2 Å². The van der Waals surface area contributed by atoms with E-state index in [0.29, 0.717) is 24.0 Å². The number of carbonyl (C=O) groups is 1. The van der Waals surface area contributed by atoms with Gasteiger partial charge in [0.25, 0.3) is 5.91 Å². The Balaban J connectivity index is 1.27. The Morgan fingerprint density at radius 1 is 1.13 bits per heavy atom. The molecule has 3 heterocycles. The number of likely N-dealkylation sites (N-methyl/N-ethyl adjacent to an activating group) is 1. The molecule has 1 amide bonds. The smallest absolute Gasteiger partial charge is 0.262 e. The molecule has 1 saturated heterocycles. The van der Waals surface area contributed by atoms with Crippen molar-refractivity contribution in [3.05, 3.63) is 70.3 Å². The van der Waals surface area contributed by atoms with Crippen LogP contribution in [-0.4, -0.2) is 103 Å². The van der Waals surface area contributed by atoms with E-state index in [1.54, 1.807) is 6.07 Å². The highest BCUT2D eigenvalue weighted by Crippen LogP contribution is 2.50. The number of nitrogens with zero attached hydrogens (tertiary/aromatic N) is 3. The number of methoxy groups -OCH3 is 1. The van der Waals surface area contributed by atoms with Crippen LogP contribution in [0, 0.1) is 17.8 Å². The zero-order chi connectivity index (χ0) is 37.1. The van der Waals surface area contributed by atoms with Gasteiger partial charge in [0.2, 0.25) is 0 Å². The minimum absolute atomic E-state index is 0.0396. The summed E-state index contributed by atoms with van der Waals surface area (Å²) in [6.45, 7) is 11.6. The molecule has 10 heteroatoms. The Morgan fingerprint density at radius 3 is 2.63 bits per heavy atom. The van der Waals surface area contributed by atoms with Crippen molar-refractivity contribution < 1.29 is 18.5 Å². The number of hydrogen-bond donors (Lipinski definition) is 1. The van der Waals surface area contributed by atoms with Gasteiger partial charge in [0, 0.05) is 66.6 Å². The summed E-state index contributed by atoms with van der Waals surface area (Å²) in [6.07, 6.45) is 11.5. The molecule has 7 rings (SSSR count). The lowest BCUT2D eigenvalue weighted by Crippen LogP contribution is -2.67. The molecular weight excluding hydrogens is 692 g/mol. The van der Waals surface area contributed by atoms with Crippen LogP contribution in [0.25, 0.3) is 0 Å². The molecule has 1 spiro atoms. The first-order valence-corrected chi connectivity index (χ1v) is 21.5. The number of likely N-dealkylation sites (tertiary alicyclic amines) is 1. The van der Waals surface area contributed by atoms with Gasteiger partial charge in [-0.25, -0.2) is 4.21 Å². The Hall–Kier alpha value is -2.56. The highest BCUT2D eigenvalue weighted by Gasteiger charge is 2.50. The fraction of sp³-hybridized carbons (Fsp3) is 0.619.